The number of rotatable bonds is 0. The standard InChI is InChI=1S/Al.H3N.H2O3Si.3H/c;;1-4(2)3;;;/h;1H3;1-2H;;;. The van der Waals surface area contributed by atoms with Crippen LogP contribution in [0.2, 0.25) is 0 Å². The zero-order valence-corrected chi connectivity index (χ0v) is 3.51. The molecule has 6 heteroatoms. The van der Waals surface area contributed by atoms with Crippen LogP contribution < -0.4 is 6.15 Å². The molecule has 38 valence electrons. The predicted molar refractivity (Wildman–Crippen MR) is 25.8 cm³/mol. The van der Waals surface area contributed by atoms with Crippen LogP contribution >= 0.6 is 0 Å². The van der Waals surface area contributed by atoms with E-state index in [4.69, 9.17) is 14.1 Å². The zero-order chi connectivity index (χ0) is 3.58. The Morgan fingerprint density at radius 1 is 1.33 bits per heavy atom. The highest BCUT2D eigenvalue weighted by Crippen LogP contribution is 1.27. The first-order chi connectivity index (χ1) is 1.73. The van der Waals surface area contributed by atoms with Crippen molar-refractivity contribution in [3.05, 3.63) is 0 Å². The van der Waals surface area contributed by atoms with Crippen molar-refractivity contribution in [1.82, 2.24) is 6.15 Å². The zero-order valence-electron chi connectivity index (χ0n) is 2.51. The van der Waals surface area contributed by atoms with Gasteiger partial charge in [0.1, 0.15) is 0 Å². The van der Waals surface area contributed by atoms with E-state index in [1.165, 1.54) is 0 Å². The van der Waals surface area contributed by atoms with Gasteiger partial charge < -0.3 is 15.7 Å². The molecule has 5 N–H and O–H groups in total. The van der Waals surface area contributed by atoms with Crippen LogP contribution in [0.1, 0.15) is 0 Å². The minimum atomic E-state index is -3.13. The average molecular weight is 125 g/mol. The summed E-state index contributed by atoms with van der Waals surface area (Å²) in [5, 5.41) is 0. The molecule has 0 radical (unpaired) electrons. The Bertz CT molecular complexity index is 33.8. The van der Waals surface area contributed by atoms with Gasteiger partial charge in [-0.15, -0.1) is 0 Å². The maximum absolute atomic E-state index is 8.74. The van der Waals surface area contributed by atoms with Crippen molar-refractivity contribution in [3.63, 3.8) is 0 Å². The summed E-state index contributed by atoms with van der Waals surface area (Å²) in [4.78, 5) is 14.3. The van der Waals surface area contributed by atoms with Gasteiger partial charge in [0, 0.05) is 0 Å². The van der Waals surface area contributed by atoms with Crippen LogP contribution in [-0.2, 0) is 4.46 Å². The molecule has 0 aromatic carbocycles. The van der Waals surface area contributed by atoms with E-state index in [1.54, 1.807) is 0 Å². The Morgan fingerprint density at radius 2 is 1.33 bits per heavy atom. The first-order valence-electron chi connectivity index (χ1n) is 0.651. The molecule has 0 bridgehead atoms. The van der Waals surface area contributed by atoms with Crippen molar-refractivity contribution in [3.8, 4) is 0 Å². The van der Waals surface area contributed by atoms with Gasteiger partial charge in [0.05, 0.1) is 0 Å². The van der Waals surface area contributed by atoms with Crippen LogP contribution in [0.3, 0.4) is 0 Å². The normalized spacial score (nSPS) is 4.00. The van der Waals surface area contributed by atoms with Gasteiger partial charge in [0.2, 0.25) is 0 Å². The molecule has 0 saturated heterocycles. The molecular weight excluding hydrogens is 117 g/mol. The van der Waals surface area contributed by atoms with Crippen LogP contribution in [-0.4, -0.2) is 36.1 Å². The molecule has 6 heavy (non-hydrogen) atoms. The lowest BCUT2D eigenvalue weighted by molar-refractivity contribution is 0.330. The fraction of sp³-hybridized carbons (Fsp3) is 0. The van der Waals surface area contributed by atoms with Gasteiger partial charge in [-0.2, -0.15) is 0 Å². The topological polar surface area (TPSA) is 92.5 Å². The summed E-state index contributed by atoms with van der Waals surface area (Å²) in [7, 11) is -3.13. The third-order valence-electron chi connectivity index (χ3n) is 0. The van der Waals surface area contributed by atoms with Crippen molar-refractivity contribution in [2.24, 2.45) is 0 Å². The highest BCUT2D eigenvalue weighted by Gasteiger charge is 1.85. The summed E-state index contributed by atoms with van der Waals surface area (Å²) in [6.45, 7) is 0. The lowest BCUT2D eigenvalue weighted by Crippen LogP contribution is -1.90. The SMILES string of the molecule is N.O=[Si](O)O.[AlH3]. The van der Waals surface area contributed by atoms with Crippen LogP contribution in [0.5, 0.6) is 0 Å². The first kappa shape index (κ1) is 16.5. The van der Waals surface area contributed by atoms with Crippen LogP contribution in [0.15, 0.2) is 0 Å². The molecule has 4 nitrogen and oxygen atoms in total. The summed E-state index contributed by atoms with van der Waals surface area (Å²) in [5.41, 5.74) is 0. The molecule has 0 aromatic rings. The molecular formula is H8AlNO3Si. The molecule has 0 saturated carbocycles. The number of hydrogen-bond donors (Lipinski definition) is 3. The van der Waals surface area contributed by atoms with Crippen molar-refractivity contribution >= 4 is 26.5 Å². The first-order valence-corrected chi connectivity index (χ1v) is 1.95. The summed E-state index contributed by atoms with van der Waals surface area (Å²) in [5.74, 6) is 0. The largest absolute Gasteiger partial charge is 0.761 e. The van der Waals surface area contributed by atoms with E-state index in [0.717, 1.165) is 0 Å². The molecule has 0 spiro atoms. The van der Waals surface area contributed by atoms with Gasteiger partial charge in [-0.1, -0.05) is 0 Å². The maximum Gasteiger partial charge on any atom is 0.761 e. The second-order valence-electron chi connectivity index (χ2n) is 0.283. The highest BCUT2D eigenvalue weighted by atomic mass is 28.3. The molecule has 0 aliphatic rings. The van der Waals surface area contributed by atoms with E-state index in [2.05, 4.69) is 0 Å². The van der Waals surface area contributed by atoms with Crippen molar-refractivity contribution in [2.75, 3.05) is 0 Å². The van der Waals surface area contributed by atoms with Crippen LogP contribution in [0.4, 0.5) is 0 Å². The summed E-state index contributed by atoms with van der Waals surface area (Å²) in [6.07, 6.45) is 0. The van der Waals surface area contributed by atoms with E-state index in [0.29, 0.717) is 0 Å². The van der Waals surface area contributed by atoms with Crippen LogP contribution in [0, 0.1) is 0 Å². The fourth-order valence-corrected chi connectivity index (χ4v) is 0. The van der Waals surface area contributed by atoms with Gasteiger partial charge in [0.25, 0.3) is 0 Å². The molecule has 0 rings (SSSR count). The molecule has 0 aliphatic heterocycles. The lowest BCUT2D eigenvalue weighted by Gasteiger charge is -1.55. The lowest BCUT2D eigenvalue weighted by atomic mass is 14.0. The van der Waals surface area contributed by atoms with E-state index in [1.807, 2.05) is 0 Å². The van der Waals surface area contributed by atoms with Crippen LogP contribution in [0.25, 0.3) is 0 Å². The van der Waals surface area contributed by atoms with Gasteiger partial charge in [0.15, 0.2) is 17.4 Å². The smallest absolute Gasteiger partial charge is 0.511 e. The van der Waals surface area contributed by atoms with Gasteiger partial charge in [-0.3, -0.25) is 4.46 Å². The monoisotopic (exact) mass is 125 g/mol. The fourth-order valence-electron chi connectivity index (χ4n) is 0. The summed E-state index contributed by atoms with van der Waals surface area (Å²) >= 11 is 0. The Balaban J connectivity index is -0.0000000450. The number of hydrogen-bond acceptors (Lipinski definition) is 2. The van der Waals surface area contributed by atoms with E-state index in [9.17, 15) is 0 Å². The third-order valence-corrected chi connectivity index (χ3v) is 0. The molecule has 0 aromatic heterocycles. The minimum Gasteiger partial charge on any atom is -0.511 e. The molecule has 0 amide bonds. The Kier molecular flexibility index (Phi) is 24.5. The summed E-state index contributed by atoms with van der Waals surface area (Å²) in [6, 6.07) is 0. The van der Waals surface area contributed by atoms with E-state index >= 15 is 0 Å². The Labute approximate surface area is 47.4 Å². The van der Waals surface area contributed by atoms with E-state index < -0.39 is 9.17 Å². The molecule has 0 aliphatic carbocycles. The van der Waals surface area contributed by atoms with Crippen molar-refractivity contribution in [2.45, 2.75) is 0 Å². The predicted octanol–water partition coefficient (Wildman–Crippen LogP) is -2.64. The summed E-state index contributed by atoms with van der Waals surface area (Å²) < 4.78 is 8.74. The van der Waals surface area contributed by atoms with E-state index in [-0.39, 0.29) is 23.5 Å². The third kappa shape index (κ3) is 3320. The highest BCUT2D eigenvalue weighted by molar-refractivity contribution is 6.22. The molecule has 0 unspecified atom stereocenters. The van der Waals surface area contributed by atoms with Gasteiger partial charge >= 0.3 is 9.17 Å². The van der Waals surface area contributed by atoms with Gasteiger partial charge in [-0.25, -0.2) is 0 Å². The van der Waals surface area contributed by atoms with Crippen molar-refractivity contribution < 1.29 is 14.1 Å². The Hall–Kier alpha value is 0.109. The molecule has 0 fully saturated rings. The average Bonchev–Trinajstić information content (AvgIpc) is 0.811. The molecule has 0 atom stereocenters. The molecule has 0 heterocycles. The Morgan fingerprint density at radius 3 is 1.33 bits per heavy atom. The maximum atomic E-state index is 8.74. The quantitative estimate of drug-likeness (QED) is 0.309. The second kappa shape index (κ2) is 8.92. The van der Waals surface area contributed by atoms with Gasteiger partial charge in [-0.05, 0) is 0 Å². The second-order valence-corrected chi connectivity index (χ2v) is 0.848. The minimum absolute atomic E-state index is 0. The van der Waals surface area contributed by atoms with Crippen molar-refractivity contribution in [1.29, 1.82) is 0 Å².